The Bertz CT molecular complexity index is 526. The highest BCUT2D eigenvalue weighted by Gasteiger charge is 2.11. The molecule has 0 atom stereocenters. The van der Waals surface area contributed by atoms with Gasteiger partial charge in [0.05, 0.1) is 11.2 Å². The fraction of sp³-hybridized carbons (Fsp3) is 0.533. The zero-order valence-electron chi connectivity index (χ0n) is 11.6. The van der Waals surface area contributed by atoms with Gasteiger partial charge in [0, 0.05) is 13.0 Å². The van der Waals surface area contributed by atoms with Crippen molar-refractivity contribution in [2.24, 2.45) is 5.92 Å². The predicted molar refractivity (Wildman–Crippen MR) is 77.6 cm³/mol. The van der Waals surface area contributed by atoms with Crippen molar-refractivity contribution < 1.29 is 0 Å². The Hall–Kier alpha value is -1.51. The first-order valence-corrected chi connectivity index (χ1v) is 6.87. The van der Waals surface area contributed by atoms with Crippen molar-refractivity contribution in [3.8, 4) is 0 Å². The van der Waals surface area contributed by atoms with Gasteiger partial charge in [-0.15, -0.1) is 0 Å². The maximum absolute atomic E-state index is 6.01. The van der Waals surface area contributed by atoms with E-state index in [9.17, 15) is 0 Å². The minimum atomic E-state index is 0.706. The first-order chi connectivity index (χ1) is 8.63. The second-order valence-corrected chi connectivity index (χ2v) is 5.33. The molecule has 0 saturated carbocycles. The van der Waals surface area contributed by atoms with E-state index in [2.05, 4.69) is 31.4 Å². The number of aryl methyl sites for hydroxylation is 2. The lowest BCUT2D eigenvalue weighted by atomic mass is 10.1. The van der Waals surface area contributed by atoms with Crippen LogP contribution in [-0.2, 0) is 13.0 Å². The average Bonchev–Trinajstić information content (AvgIpc) is 2.66. The molecule has 2 aromatic rings. The highest BCUT2D eigenvalue weighted by molar-refractivity contribution is 5.87. The molecule has 0 saturated heterocycles. The van der Waals surface area contributed by atoms with Crippen LogP contribution < -0.4 is 5.73 Å². The summed E-state index contributed by atoms with van der Waals surface area (Å²) in [6.45, 7) is 7.74. The molecule has 98 valence electrons. The second-order valence-electron chi connectivity index (χ2n) is 5.33. The maximum Gasteiger partial charge on any atom is 0.112 e. The van der Waals surface area contributed by atoms with Crippen LogP contribution in [0.15, 0.2) is 18.2 Å². The molecule has 1 aromatic carbocycles. The molecule has 0 fully saturated rings. The highest BCUT2D eigenvalue weighted by Crippen LogP contribution is 2.23. The lowest BCUT2D eigenvalue weighted by Gasteiger charge is -2.10. The van der Waals surface area contributed by atoms with Crippen LogP contribution in [-0.4, -0.2) is 9.55 Å². The van der Waals surface area contributed by atoms with Gasteiger partial charge < -0.3 is 10.3 Å². The van der Waals surface area contributed by atoms with Crippen molar-refractivity contribution in [3.05, 3.63) is 24.0 Å². The minimum Gasteiger partial charge on any atom is -0.397 e. The van der Waals surface area contributed by atoms with Crippen molar-refractivity contribution in [3.63, 3.8) is 0 Å². The van der Waals surface area contributed by atoms with Crippen molar-refractivity contribution in [2.45, 2.75) is 46.6 Å². The summed E-state index contributed by atoms with van der Waals surface area (Å²) in [6, 6.07) is 6.07. The van der Waals surface area contributed by atoms with Crippen LogP contribution in [0.25, 0.3) is 11.0 Å². The van der Waals surface area contributed by atoms with Gasteiger partial charge in [0.25, 0.3) is 0 Å². The summed E-state index contributed by atoms with van der Waals surface area (Å²) >= 11 is 0. The topological polar surface area (TPSA) is 43.8 Å². The van der Waals surface area contributed by atoms with Crippen LogP contribution >= 0.6 is 0 Å². The number of rotatable bonds is 5. The lowest BCUT2D eigenvalue weighted by molar-refractivity contribution is 0.511. The molecule has 1 heterocycles. The van der Waals surface area contributed by atoms with Gasteiger partial charge in [0.2, 0.25) is 0 Å². The third-order valence-corrected chi connectivity index (χ3v) is 3.29. The first kappa shape index (κ1) is 12.9. The second kappa shape index (κ2) is 5.42. The van der Waals surface area contributed by atoms with Crippen LogP contribution in [0.2, 0.25) is 0 Å². The maximum atomic E-state index is 6.01. The largest absolute Gasteiger partial charge is 0.397 e. The van der Waals surface area contributed by atoms with Gasteiger partial charge in [-0.25, -0.2) is 4.98 Å². The molecule has 0 aliphatic rings. The molecule has 2 rings (SSSR count). The molecule has 0 amide bonds. The van der Waals surface area contributed by atoms with Crippen LogP contribution in [0.1, 0.15) is 39.4 Å². The zero-order chi connectivity index (χ0) is 13.1. The van der Waals surface area contributed by atoms with E-state index in [4.69, 9.17) is 10.7 Å². The average molecular weight is 245 g/mol. The van der Waals surface area contributed by atoms with Crippen molar-refractivity contribution >= 4 is 16.7 Å². The smallest absolute Gasteiger partial charge is 0.112 e. The summed E-state index contributed by atoms with van der Waals surface area (Å²) in [6.07, 6.45) is 3.31. The number of fused-ring (bicyclic) bond motifs is 1. The Morgan fingerprint density at radius 1 is 1.33 bits per heavy atom. The Morgan fingerprint density at radius 2 is 2.11 bits per heavy atom. The molecule has 3 nitrogen and oxygen atoms in total. The Morgan fingerprint density at radius 3 is 2.78 bits per heavy atom. The number of nitrogens with zero attached hydrogens (tertiary/aromatic N) is 2. The van der Waals surface area contributed by atoms with E-state index in [-0.39, 0.29) is 0 Å². The molecule has 0 bridgehead atoms. The molecule has 1 aromatic heterocycles. The monoisotopic (exact) mass is 245 g/mol. The van der Waals surface area contributed by atoms with E-state index < -0.39 is 0 Å². The Labute approximate surface area is 109 Å². The molecule has 0 unspecified atom stereocenters. The molecule has 0 radical (unpaired) electrons. The molecular weight excluding hydrogens is 222 g/mol. The summed E-state index contributed by atoms with van der Waals surface area (Å²) in [5.74, 6) is 1.88. The van der Waals surface area contributed by atoms with E-state index in [1.54, 1.807) is 0 Å². The first-order valence-electron chi connectivity index (χ1n) is 6.87. The fourth-order valence-electron chi connectivity index (χ4n) is 2.27. The minimum absolute atomic E-state index is 0.706. The van der Waals surface area contributed by atoms with Crippen LogP contribution in [0, 0.1) is 5.92 Å². The van der Waals surface area contributed by atoms with Gasteiger partial charge in [-0.3, -0.25) is 0 Å². The van der Waals surface area contributed by atoms with E-state index in [0.717, 1.165) is 30.6 Å². The fourth-order valence-corrected chi connectivity index (χ4v) is 2.27. The SMILES string of the molecule is CCCc1nc2c(N)cccc2n1CCC(C)C. The van der Waals surface area contributed by atoms with Crippen LogP contribution in [0.3, 0.4) is 0 Å². The summed E-state index contributed by atoms with van der Waals surface area (Å²) in [7, 11) is 0. The third kappa shape index (κ3) is 2.50. The number of nitrogen functional groups attached to an aromatic ring is 1. The van der Waals surface area contributed by atoms with Crippen molar-refractivity contribution in [2.75, 3.05) is 5.73 Å². The van der Waals surface area contributed by atoms with Crippen molar-refractivity contribution in [1.29, 1.82) is 0 Å². The van der Waals surface area contributed by atoms with Crippen LogP contribution in [0.4, 0.5) is 5.69 Å². The summed E-state index contributed by atoms with van der Waals surface area (Å²) in [4.78, 5) is 4.72. The van der Waals surface area contributed by atoms with Gasteiger partial charge in [0.15, 0.2) is 0 Å². The standard InChI is InChI=1S/C15H23N3/c1-4-6-14-17-15-12(16)7-5-8-13(15)18(14)10-9-11(2)3/h5,7-8,11H,4,6,9-10,16H2,1-3H3. The quantitative estimate of drug-likeness (QED) is 0.818. The number of hydrogen-bond acceptors (Lipinski definition) is 2. The molecule has 2 N–H and O–H groups in total. The van der Waals surface area contributed by atoms with Gasteiger partial charge in [-0.05, 0) is 30.9 Å². The summed E-state index contributed by atoms with van der Waals surface area (Å²) in [5, 5.41) is 0. The number of imidazole rings is 1. The van der Waals surface area contributed by atoms with E-state index in [1.165, 1.54) is 17.8 Å². The molecule has 3 heteroatoms. The summed E-state index contributed by atoms with van der Waals surface area (Å²) < 4.78 is 2.34. The van der Waals surface area contributed by atoms with E-state index in [1.807, 2.05) is 12.1 Å². The number of hydrogen-bond donors (Lipinski definition) is 1. The van der Waals surface area contributed by atoms with Crippen molar-refractivity contribution in [1.82, 2.24) is 9.55 Å². The van der Waals surface area contributed by atoms with Gasteiger partial charge in [-0.1, -0.05) is 26.8 Å². The molecular formula is C15H23N3. The van der Waals surface area contributed by atoms with Gasteiger partial charge >= 0.3 is 0 Å². The highest BCUT2D eigenvalue weighted by atomic mass is 15.1. The van der Waals surface area contributed by atoms with Gasteiger partial charge in [0.1, 0.15) is 11.3 Å². The predicted octanol–water partition coefficient (Wildman–Crippen LogP) is 3.62. The number of para-hydroxylation sites is 1. The van der Waals surface area contributed by atoms with E-state index >= 15 is 0 Å². The van der Waals surface area contributed by atoms with E-state index in [0.29, 0.717) is 5.92 Å². The Kier molecular flexibility index (Phi) is 3.90. The third-order valence-electron chi connectivity index (χ3n) is 3.29. The number of nitrogens with two attached hydrogens (primary N) is 1. The Balaban J connectivity index is 2.45. The van der Waals surface area contributed by atoms with Crippen LogP contribution in [0.5, 0.6) is 0 Å². The zero-order valence-corrected chi connectivity index (χ0v) is 11.6. The molecule has 0 aliphatic heterocycles. The molecule has 0 aliphatic carbocycles. The normalized spacial score (nSPS) is 11.6. The van der Waals surface area contributed by atoms with Gasteiger partial charge in [-0.2, -0.15) is 0 Å². The number of aromatic nitrogens is 2. The lowest BCUT2D eigenvalue weighted by Crippen LogP contribution is -2.06. The summed E-state index contributed by atoms with van der Waals surface area (Å²) in [5.41, 5.74) is 8.94. The number of anilines is 1. The molecule has 0 spiro atoms. The molecule has 18 heavy (non-hydrogen) atoms. The number of benzene rings is 1.